The van der Waals surface area contributed by atoms with Gasteiger partial charge in [0.25, 0.3) is 0 Å². The standard InChI is InChI=1S/C26H24BrN3O3S/c27-18-10-12-20(13-11-18)30-15-22(21-14-17-6-4-5-9-23(17)33-25(21)32)29-26(30)34-16-24(31)28-19-7-2-1-3-8-19/h4-6,9-15,19H,1-3,7-8,16H2,(H,28,31). The molecule has 0 spiro atoms. The van der Waals surface area contributed by atoms with Gasteiger partial charge in [0.05, 0.1) is 17.0 Å². The third-order valence-electron chi connectivity index (χ3n) is 6.00. The minimum Gasteiger partial charge on any atom is -0.422 e. The Balaban J connectivity index is 1.45. The van der Waals surface area contributed by atoms with Gasteiger partial charge >= 0.3 is 5.63 Å². The Kier molecular flexibility index (Phi) is 6.87. The second kappa shape index (κ2) is 10.2. The maximum atomic E-state index is 12.7. The number of benzene rings is 2. The Hall–Kier alpha value is -2.84. The highest BCUT2D eigenvalue weighted by Gasteiger charge is 2.19. The fraction of sp³-hybridized carbons (Fsp3) is 0.269. The number of hydrogen-bond acceptors (Lipinski definition) is 5. The second-order valence-corrected chi connectivity index (χ2v) is 10.3. The molecule has 1 amide bonds. The quantitative estimate of drug-likeness (QED) is 0.243. The largest absolute Gasteiger partial charge is 0.422 e. The summed E-state index contributed by atoms with van der Waals surface area (Å²) in [5, 5.41) is 4.63. The normalized spacial score (nSPS) is 14.4. The van der Waals surface area contributed by atoms with Crippen molar-refractivity contribution in [3.8, 4) is 16.9 Å². The van der Waals surface area contributed by atoms with E-state index in [1.165, 1.54) is 31.0 Å². The molecular weight excluding hydrogens is 514 g/mol. The molecule has 2 aromatic heterocycles. The van der Waals surface area contributed by atoms with Gasteiger partial charge in [-0.25, -0.2) is 9.78 Å². The van der Waals surface area contributed by atoms with Gasteiger partial charge < -0.3 is 9.73 Å². The van der Waals surface area contributed by atoms with Crippen LogP contribution < -0.4 is 10.9 Å². The lowest BCUT2D eigenvalue weighted by molar-refractivity contribution is -0.119. The Morgan fingerprint density at radius 2 is 1.88 bits per heavy atom. The highest BCUT2D eigenvalue weighted by Crippen LogP contribution is 2.28. The molecule has 6 nitrogen and oxygen atoms in total. The first-order valence-electron chi connectivity index (χ1n) is 11.4. The van der Waals surface area contributed by atoms with Crippen LogP contribution in [0.15, 0.2) is 79.6 Å². The molecule has 0 unspecified atom stereocenters. The van der Waals surface area contributed by atoms with E-state index in [9.17, 15) is 9.59 Å². The van der Waals surface area contributed by atoms with Crippen LogP contribution in [0.4, 0.5) is 0 Å². The van der Waals surface area contributed by atoms with Crippen LogP contribution in [-0.2, 0) is 4.79 Å². The van der Waals surface area contributed by atoms with E-state index >= 15 is 0 Å². The van der Waals surface area contributed by atoms with E-state index in [4.69, 9.17) is 9.40 Å². The molecule has 0 aliphatic heterocycles. The van der Waals surface area contributed by atoms with Gasteiger partial charge in [-0.15, -0.1) is 0 Å². The van der Waals surface area contributed by atoms with Crippen LogP contribution in [0.1, 0.15) is 32.1 Å². The fourth-order valence-electron chi connectivity index (χ4n) is 4.27. The summed E-state index contributed by atoms with van der Waals surface area (Å²) < 4.78 is 8.40. The Morgan fingerprint density at radius 1 is 1.12 bits per heavy atom. The average molecular weight is 538 g/mol. The third kappa shape index (κ3) is 5.13. The molecule has 2 aromatic carbocycles. The molecule has 174 valence electrons. The molecule has 1 aliphatic carbocycles. The van der Waals surface area contributed by atoms with Gasteiger partial charge in [-0.1, -0.05) is 65.2 Å². The molecule has 1 N–H and O–H groups in total. The monoisotopic (exact) mass is 537 g/mol. The zero-order chi connectivity index (χ0) is 23.5. The maximum Gasteiger partial charge on any atom is 0.345 e. The molecule has 0 atom stereocenters. The Morgan fingerprint density at radius 3 is 2.68 bits per heavy atom. The molecular formula is C26H24BrN3O3S. The fourth-order valence-corrected chi connectivity index (χ4v) is 5.34. The van der Waals surface area contributed by atoms with Crippen molar-refractivity contribution in [2.24, 2.45) is 0 Å². The average Bonchev–Trinajstić information content (AvgIpc) is 3.27. The van der Waals surface area contributed by atoms with Crippen molar-refractivity contribution < 1.29 is 9.21 Å². The Bertz CT molecular complexity index is 1370. The first kappa shape index (κ1) is 22.9. The van der Waals surface area contributed by atoms with E-state index in [-0.39, 0.29) is 17.7 Å². The van der Waals surface area contributed by atoms with Crippen LogP contribution in [0.25, 0.3) is 27.9 Å². The predicted molar refractivity (Wildman–Crippen MR) is 138 cm³/mol. The van der Waals surface area contributed by atoms with E-state index in [1.54, 1.807) is 12.1 Å². The lowest BCUT2D eigenvalue weighted by atomic mass is 9.95. The smallest absolute Gasteiger partial charge is 0.345 e. The maximum absolute atomic E-state index is 12.7. The van der Waals surface area contributed by atoms with Crippen LogP contribution in [0.5, 0.6) is 0 Å². The lowest BCUT2D eigenvalue weighted by Gasteiger charge is -2.22. The van der Waals surface area contributed by atoms with E-state index in [1.807, 2.05) is 53.2 Å². The number of rotatable bonds is 6. The van der Waals surface area contributed by atoms with E-state index in [0.29, 0.717) is 22.0 Å². The highest BCUT2D eigenvalue weighted by atomic mass is 79.9. The van der Waals surface area contributed by atoms with Crippen LogP contribution in [0, 0.1) is 0 Å². The van der Waals surface area contributed by atoms with Crippen molar-refractivity contribution in [2.45, 2.75) is 43.3 Å². The van der Waals surface area contributed by atoms with Gasteiger partial charge in [0, 0.05) is 27.8 Å². The summed E-state index contributed by atoms with van der Waals surface area (Å²) in [6.07, 6.45) is 7.51. The molecule has 0 saturated heterocycles. The van der Waals surface area contributed by atoms with Gasteiger partial charge in [0.2, 0.25) is 5.91 Å². The number of halogens is 1. The number of carbonyl (C=O) groups is 1. The minimum absolute atomic E-state index is 0.00836. The summed E-state index contributed by atoms with van der Waals surface area (Å²) in [5.74, 6) is 0.268. The molecule has 34 heavy (non-hydrogen) atoms. The zero-order valence-corrected chi connectivity index (χ0v) is 20.9. The first-order chi connectivity index (χ1) is 16.6. The molecule has 1 saturated carbocycles. The number of amides is 1. The number of hydrogen-bond donors (Lipinski definition) is 1. The van der Waals surface area contributed by atoms with Crippen LogP contribution >= 0.6 is 27.7 Å². The van der Waals surface area contributed by atoms with Gasteiger partial charge in [0.1, 0.15) is 5.58 Å². The summed E-state index contributed by atoms with van der Waals surface area (Å²) in [7, 11) is 0. The summed E-state index contributed by atoms with van der Waals surface area (Å²) in [4.78, 5) is 30.1. The molecule has 2 heterocycles. The van der Waals surface area contributed by atoms with Crippen LogP contribution in [-0.4, -0.2) is 27.3 Å². The summed E-state index contributed by atoms with van der Waals surface area (Å²) in [6.45, 7) is 0. The van der Waals surface area contributed by atoms with E-state index < -0.39 is 5.63 Å². The van der Waals surface area contributed by atoms with Crippen LogP contribution in [0.3, 0.4) is 0 Å². The van der Waals surface area contributed by atoms with E-state index in [2.05, 4.69) is 21.2 Å². The van der Waals surface area contributed by atoms with Crippen LogP contribution in [0.2, 0.25) is 0 Å². The predicted octanol–water partition coefficient (Wildman–Crippen LogP) is 5.95. The number of carbonyl (C=O) groups excluding carboxylic acids is 1. The van der Waals surface area contributed by atoms with E-state index in [0.717, 1.165) is 28.4 Å². The zero-order valence-electron chi connectivity index (χ0n) is 18.5. The minimum atomic E-state index is -0.439. The topological polar surface area (TPSA) is 77.1 Å². The molecule has 0 bridgehead atoms. The molecule has 0 radical (unpaired) electrons. The molecule has 5 rings (SSSR count). The first-order valence-corrected chi connectivity index (χ1v) is 13.2. The summed E-state index contributed by atoms with van der Waals surface area (Å²) >= 11 is 4.83. The number of aromatic nitrogens is 2. The van der Waals surface area contributed by atoms with Crippen molar-refractivity contribution in [3.05, 3.63) is 75.7 Å². The SMILES string of the molecule is O=C(CSc1nc(-c2cc3ccccc3oc2=O)cn1-c1ccc(Br)cc1)NC1CCCCC1. The number of nitrogens with zero attached hydrogens (tertiary/aromatic N) is 2. The van der Waals surface area contributed by atoms with Gasteiger partial charge in [-0.3, -0.25) is 9.36 Å². The molecule has 1 aliphatic rings. The van der Waals surface area contributed by atoms with Gasteiger partial charge in [-0.2, -0.15) is 0 Å². The number of nitrogens with one attached hydrogen (secondary N) is 1. The number of fused-ring (bicyclic) bond motifs is 1. The lowest BCUT2D eigenvalue weighted by Crippen LogP contribution is -2.37. The second-order valence-electron chi connectivity index (χ2n) is 8.43. The number of thioether (sulfide) groups is 1. The summed E-state index contributed by atoms with van der Waals surface area (Å²) in [5.41, 5.74) is 1.89. The summed E-state index contributed by atoms with van der Waals surface area (Å²) in [6, 6.07) is 17.3. The van der Waals surface area contributed by atoms with Crippen molar-refractivity contribution in [1.82, 2.24) is 14.9 Å². The van der Waals surface area contributed by atoms with Gasteiger partial charge in [0.15, 0.2) is 5.16 Å². The Labute approximate surface area is 209 Å². The number of para-hydroxylation sites is 1. The van der Waals surface area contributed by atoms with Crippen molar-refractivity contribution >= 4 is 44.6 Å². The number of imidazole rings is 1. The van der Waals surface area contributed by atoms with Crippen molar-refractivity contribution in [3.63, 3.8) is 0 Å². The molecule has 1 fully saturated rings. The van der Waals surface area contributed by atoms with Gasteiger partial charge in [-0.05, 0) is 49.2 Å². The molecule has 4 aromatic rings. The van der Waals surface area contributed by atoms with Crippen molar-refractivity contribution in [2.75, 3.05) is 5.75 Å². The molecule has 8 heteroatoms. The third-order valence-corrected chi connectivity index (χ3v) is 7.48. The highest BCUT2D eigenvalue weighted by molar-refractivity contribution is 9.10. The van der Waals surface area contributed by atoms with Crippen molar-refractivity contribution in [1.29, 1.82) is 0 Å².